The van der Waals surface area contributed by atoms with Gasteiger partial charge in [-0.3, -0.25) is 15.2 Å². The third-order valence-corrected chi connectivity index (χ3v) is 4.37. The molecule has 0 aromatic carbocycles. The molecule has 2 rings (SSSR count). The maximum atomic E-state index is 12.3. The van der Waals surface area contributed by atoms with E-state index in [0.29, 0.717) is 19.1 Å². The van der Waals surface area contributed by atoms with E-state index in [2.05, 4.69) is 27.4 Å². The van der Waals surface area contributed by atoms with Crippen LogP contribution in [0.4, 0.5) is 0 Å². The van der Waals surface area contributed by atoms with Gasteiger partial charge >= 0.3 is 5.97 Å². The number of hydrogen-bond donors (Lipinski definition) is 2. The molecule has 7 heteroatoms. The van der Waals surface area contributed by atoms with E-state index in [1.54, 1.807) is 11.8 Å². The zero-order valence-electron chi connectivity index (χ0n) is 13.1. The number of aryl methyl sites for hydroxylation is 1. The minimum absolute atomic E-state index is 0.171. The molecule has 2 unspecified atom stereocenters. The number of carbonyl (C=O) groups is 1. The van der Waals surface area contributed by atoms with E-state index in [0.717, 1.165) is 23.8 Å². The fraction of sp³-hybridized carbons (Fsp3) is 0.786. The number of rotatable bonds is 8. The summed E-state index contributed by atoms with van der Waals surface area (Å²) in [4.78, 5) is 16.6. The van der Waals surface area contributed by atoms with Gasteiger partial charge < -0.3 is 4.74 Å². The third kappa shape index (κ3) is 4.71. The highest BCUT2D eigenvalue weighted by molar-refractivity contribution is 7.99. The summed E-state index contributed by atoms with van der Waals surface area (Å²) < 4.78 is 5.24. The molecule has 21 heavy (non-hydrogen) atoms. The van der Waals surface area contributed by atoms with E-state index in [1.165, 1.54) is 0 Å². The van der Waals surface area contributed by atoms with Gasteiger partial charge in [-0.1, -0.05) is 18.7 Å². The van der Waals surface area contributed by atoms with Crippen LogP contribution in [0.1, 0.15) is 45.9 Å². The Bertz CT molecular complexity index is 489. The summed E-state index contributed by atoms with van der Waals surface area (Å²) in [6.07, 6.45) is 2.95. The van der Waals surface area contributed by atoms with Crippen LogP contribution in [0.5, 0.6) is 0 Å². The summed E-state index contributed by atoms with van der Waals surface area (Å²) in [7, 11) is 0. The summed E-state index contributed by atoms with van der Waals surface area (Å²) in [6.45, 7) is 8.14. The molecule has 1 saturated carbocycles. The number of esters is 1. The van der Waals surface area contributed by atoms with Gasteiger partial charge in [0.05, 0.1) is 6.61 Å². The molecule has 0 radical (unpaired) electrons. The van der Waals surface area contributed by atoms with Crippen LogP contribution in [0.2, 0.25) is 0 Å². The predicted molar refractivity (Wildman–Crippen MR) is 82.3 cm³/mol. The Morgan fingerprint density at radius 1 is 1.62 bits per heavy atom. The third-order valence-electron chi connectivity index (χ3n) is 3.40. The van der Waals surface area contributed by atoms with Crippen molar-refractivity contribution in [3.8, 4) is 0 Å². The van der Waals surface area contributed by atoms with Crippen molar-refractivity contribution in [3.05, 3.63) is 5.82 Å². The molecule has 0 amide bonds. The second-order valence-electron chi connectivity index (χ2n) is 5.81. The van der Waals surface area contributed by atoms with Gasteiger partial charge in [0.25, 0.3) is 0 Å². The summed E-state index contributed by atoms with van der Waals surface area (Å²) in [5, 5.41) is 11.3. The van der Waals surface area contributed by atoms with E-state index in [9.17, 15) is 4.79 Å². The van der Waals surface area contributed by atoms with Crippen LogP contribution < -0.4 is 5.32 Å². The Labute approximate surface area is 129 Å². The molecule has 0 spiro atoms. The fourth-order valence-electron chi connectivity index (χ4n) is 2.34. The summed E-state index contributed by atoms with van der Waals surface area (Å²) in [5.74, 6) is 0.629. The molecule has 0 saturated heterocycles. The molecule has 1 heterocycles. The summed E-state index contributed by atoms with van der Waals surface area (Å²) >= 11 is 1.57. The van der Waals surface area contributed by atoms with Crippen molar-refractivity contribution in [3.63, 3.8) is 0 Å². The number of thioether (sulfide) groups is 1. The van der Waals surface area contributed by atoms with Crippen LogP contribution in [0.25, 0.3) is 0 Å². The van der Waals surface area contributed by atoms with Crippen LogP contribution >= 0.6 is 11.8 Å². The Morgan fingerprint density at radius 2 is 2.33 bits per heavy atom. The number of nitrogens with one attached hydrogen (secondary N) is 2. The van der Waals surface area contributed by atoms with Crippen LogP contribution in [-0.2, 0) is 9.53 Å². The summed E-state index contributed by atoms with van der Waals surface area (Å²) in [5.41, 5.74) is -0.644. The van der Waals surface area contributed by atoms with Gasteiger partial charge in [-0.2, -0.15) is 0 Å². The number of ether oxygens (including phenoxy) is 1. The molecular weight excluding hydrogens is 288 g/mol. The van der Waals surface area contributed by atoms with Gasteiger partial charge in [0.2, 0.25) is 5.16 Å². The largest absolute Gasteiger partial charge is 0.465 e. The lowest BCUT2D eigenvalue weighted by Gasteiger charge is -2.30. The average Bonchev–Trinajstić information content (AvgIpc) is 3.11. The Morgan fingerprint density at radius 3 is 2.86 bits per heavy atom. The maximum Gasteiger partial charge on any atom is 0.326 e. The molecule has 118 valence electrons. The predicted octanol–water partition coefficient (Wildman–Crippen LogP) is 2.06. The highest BCUT2D eigenvalue weighted by atomic mass is 32.2. The number of aromatic amines is 1. The minimum atomic E-state index is -0.644. The summed E-state index contributed by atoms with van der Waals surface area (Å²) in [6, 6.07) is 0.447. The smallest absolute Gasteiger partial charge is 0.326 e. The van der Waals surface area contributed by atoms with Gasteiger partial charge in [-0.15, -0.1) is 5.10 Å². The van der Waals surface area contributed by atoms with Crippen molar-refractivity contribution >= 4 is 17.7 Å². The lowest BCUT2D eigenvalue weighted by Crippen LogP contribution is -2.52. The van der Waals surface area contributed by atoms with E-state index >= 15 is 0 Å². The first-order valence-electron chi connectivity index (χ1n) is 7.43. The van der Waals surface area contributed by atoms with E-state index in [4.69, 9.17) is 4.74 Å². The lowest BCUT2D eigenvalue weighted by atomic mass is 9.95. The van der Waals surface area contributed by atoms with E-state index < -0.39 is 5.54 Å². The second-order valence-corrected chi connectivity index (χ2v) is 7.21. The van der Waals surface area contributed by atoms with Gasteiger partial charge in [0, 0.05) is 11.3 Å². The minimum Gasteiger partial charge on any atom is -0.465 e. The quantitative estimate of drug-likeness (QED) is 0.565. The first-order chi connectivity index (χ1) is 9.93. The van der Waals surface area contributed by atoms with Crippen LogP contribution in [0, 0.1) is 6.92 Å². The Hall–Kier alpha value is -1.08. The van der Waals surface area contributed by atoms with Crippen LogP contribution in [0.15, 0.2) is 5.16 Å². The lowest BCUT2D eigenvalue weighted by molar-refractivity contribution is -0.150. The first kappa shape index (κ1) is 16.3. The van der Waals surface area contributed by atoms with Gasteiger partial charge in [0.1, 0.15) is 11.4 Å². The topological polar surface area (TPSA) is 79.9 Å². The van der Waals surface area contributed by atoms with E-state index in [-0.39, 0.29) is 11.2 Å². The first-order valence-corrected chi connectivity index (χ1v) is 8.31. The second kappa shape index (κ2) is 6.79. The molecule has 1 aromatic rings. The highest BCUT2D eigenvalue weighted by Gasteiger charge is 2.40. The molecule has 0 aliphatic heterocycles. The van der Waals surface area contributed by atoms with Crippen molar-refractivity contribution < 1.29 is 9.53 Å². The van der Waals surface area contributed by atoms with Crippen molar-refractivity contribution in [1.82, 2.24) is 20.5 Å². The molecule has 0 bridgehead atoms. The SMILES string of the molecule is CCOC(=O)C(C)(CC(C)Sc1n[nH]c(C)n1)NC1CC1. The van der Waals surface area contributed by atoms with Gasteiger partial charge in [-0.05, 0) is 40.0 Å². The van der Waals surface area contributed by atoms with Crippen LogP contribution in [-0.4, -0.2) is 44.6 Å². The van der Waals surface area contributed by atoms with Gasteiger partial charge in [-0.25, -0.2) is 4.98 Å². The number of carbonyl (C=O) groups excluding carboxylic acids is 1. The van der Waals surface area contributed by atoms with Gasteiger partial charge in [0.15, 0.2) is 0 Å². The Kier molecular flexibility index (Phi) is 5.27. The van der Waals surface area contributed by atoms with E-state index in [1.807, 2.05) is 20.8 Å². The highest BCUT2D eigenvalue weighted by Crippen LogP contribution is 2.30. The molecule has 6 nitrogen and oxygen atoms in total. The number of H-pyrrole nitrogens is 1. The number of aromatic nitrogens is 3. The van der Waals surface area contributed by atoms with Crippen molar-refractivity contribution in [2.75, 3.05) is 6.61 Å². The molecule has 2 N–H and O–H groups in total. The average molecular weight is 312 g/mol. The van der Waals surface area contributed by atoms with Crippen molar-refractivity contribution in [1.29, 1.82) is 0 Å². The normalized spacial score (nSPS) is 19.0. The zero-order chi connectivity index (χ0) is 15.5. The van der Waals surface area contributed by atoms with Crippen LogP contribution in [0.3, 0.4) is 0 Å². The molecule has 1 fully saturated rings. The fourth-order valence-corrected chi connectivity index (χ4v) is 3.41. The molecule has 1 aliphatic rings. The molecule has 1 aliphatic carbocycles. The Balaban J connectivity index is 1.97. The molecule has 2 atom stereocenters. The maximum absolute atomic E-state index is 12.3. The number of nitrogens with zero attached hydrogens (tertiary/aromatic N) is 2. The number of hydrogen-bond acceptors (Lipinski definition) is 6. The molecular formula is C14H24N4O2S. The van der Waals surface area contributed by atoms with Crippen molar-refractivity contribution in [2.45, 2.75) is 68.9 Å². The zero-order valence-corrected chi connectivity index (χ0v) is 13.9. The standard InChI is InChI=1S/C14H24N4O2S/c1-5-20-12(19)14(4,16-11-6-7-11)8-9(2)21-13-15-10(3)17-18-13/h9,11,16H,5-8H2,1-4H3,(H,15,17,18). The monoisotopic (exact) mass is 312 g/mol. The van der Waals surface area contributed by atoms with Crippen molar-refractivity contribution in [2.24, 2.45) is 0 Å². The molecule has 1 aromatic heterocycles.